The summed E-state index contributed by atoms with van der Waals surface area (Å²) >= 11 is 2.39. The summed E-state index contributed by atoms with van der Waals surface area (Å²) in [6, 6.07) is 8.42. The first kappa shape index (κ1) is 14.8. The molecular formula is C17H20IN3. The van der Waals surface area contributed by atoms with Gasteiger partial charge in [-0.3, -0.25) is 0 Å². The highest BCUT2D eigenvalue weighted by molar-refractivity contribution is 14.1. The number of hydrogen-bond donors (Lipinski definition) is 1. The molecule has 21 heavy (non-hydrogen) atoms. The van der Waals surface area contributed by atoms with Gasteiger partial charge in [0.05, 0.1) is 9.26 Å². The van der Waals surface area contributed by atoms with Gasteiger partial charge in [-0.2, -0.15) is 0 Å². The fourth-order valence-electron chi connectivity index (χ4n) is 3.01. The van der Waals surface area contributed by atoms with E-state index in [1.807, 2.05) is 7.05 Å². The monoisotopic (exact) mass is 393 g/mol. The zero-order valence-electron chi connectivity index (χ0n) is 12.5. The normalized spacial score (nSPS) is 15.4. The third-order valence-electron chi connectivity index (χ3n) is 4.13. The molecule has 0 aliphatic heterocycles. The summed E-state index contributed by atoms with van der Waals surface area (Å²) < 4.78 is 1.18. The summed E-state index contributed by atoms with van der Waals surface area (Å²) in [7, 11) is 1.93. The lowest BCUT2D eigenvalue weighted by Crippen LogP contribution is -2.08. The van der Waals surface area contributed by atoms with Crippen molar-refractivity contribution in [3.8, 4) is 11.4 Å². The highest BCUT2D eigenvalue weighted by atomic mass is 127. The zero-order valence-corrected chi connectivity index (χ0v) is 14.6. The maximum atomic E-state index is 4.92. The molecule has 1 aromatic heterocycles. The number of nitrogens with one attached hydrogen (secondary N) is 1. The minimum Gasteiger partial charge on any atom is -0.372 e. The highest BCUT2D eigenvalue weighted by Crippen LogP contribution is 2.37. The fourth-order valence-corrected chi connectivity index (χ4v) is 3.96. The molecule has 2 aromatic rings. The van der Waals surface area contributed by atoms with Crippen LogP contribution in [0.25, 0.3) is 11.4 Å². The van der Waals surface area contributed by atoms with E-state index in [1.54, 1.807) is 0 Å². The maximum Gasteiger partial charge on any atom is 0.161 e. The van der Waals surface area contributed by atoms with Crippen molar-refractivity contribution in [2.24, 2.45) is 0 Å². The summed E-state index contributed by atoms with van der Waals surface area (Å²) in [5, 5.41) is 3.23. The third kappa shape index (κ3) is 3.05. The molecule has 0 atom stereocenters. The Bertz CT molecular complexity index is 648. The molecule has 1 heterocycles. The molecule has 4 heteroatoms. The largest absolute Gasteiger partial charge is 0.372 e. The Balaban J connectivity index is 2.10. The van der Waals surface area contributed by atoms with Crippen LogP contribution >= 0.6 is 22.6 Å². The van der Waals surface area contributed by atoms with Gasteiger partial charge in [-0.25, -0.2) is 9.97 Å². The second-order valence-corrected chi connectivity index (χ2v) is 6.77. The third-order valence-corrected chi connectivity index (χ3v) is 5.20. The highest BCUT2D eigenvalue weighted by Gasteiger charge is 2.23. The van der Waals surface area contributed by atoms with Crippen LogP contribution in [-0.2, 0) is 0 Å². The average molecular weight is 393 g/mol. The quantitative estimate of drug-likeness (QED) is 0.765. The minimum atomic E-state index is 0.593. The fraction of sp³-hybridized carbons (Fsp3) is 0.412. The molecule has 1 saturated carbocycles. The second kappa shape index (κ2) is 6.30. The van der Waals surface area contributed by atoms with E-state index in [0.717, 1.165) is 17.2 Å². The zero-order chi connectivity index (χ0) is 14.8. The molecule has 0 saturated heterocycles. The lowest BCUT2D eigenvalue weighted by atomic mass is 10.0. The molecule has 0 amide bonds. The lowest BCUT2D eigenvalue weighted by molar-refractivity contribution is 0.691. The smallest absolute Gasteiger partial charge is 0.161 e. The minimum absolute atomic E-state index is 0.593. The molecule has 3 nitrogen and oxygen atoms in total. The number of hydrogen-bond acceptors (Lipinski definition) is 3. The van der Waals surface area contributed by atoms with Crippen molar-refractivity contribution in [2.45, 2.75) is 38.5 Å². The molecular weight excluding hydrogens is 373 g/mol. The maximum absolute atomic E-state index is 4.92. The van der Waals surface area contributed by atoms with Crippen LogP contribution in [0.15, 0.2) is 24.3 Å². The van der Waals surface area contributed by atoms with E-state index in [1.165, 1.54) is 40.5 Å². The van der Waals surface area contributed by atoms with E-state index in [9.17, 15) is 0 Å². The lowest BCUT2D eigenvalue weighted by Gasteiger charge is -2.15. The molecule has 1 N–H and O–H groups in total. The summed E-state index contributed by atoms with van der Waals surface area (Å²) in [5.41, 5.74) is 3.56. The van der Waals surface area contributed by atoms with Gasteiger partial charge in [0, 0.05) is 18.5 Å². The molecule has 1 aromatic carbocycles. The summed E-state index contributed by atoms with van der Waals surface area (Å²) in [4.78, 5) is 9.62. The van der Waals surface area contributed by atoms with Crippen LogP contribution < -0.4 is 5.32 Å². The molecule has 0 unspecified atom stereocenters. The van der Waals surface area contributed by atoms with Crippen LogP contribution in [0.3, 0.4) is 0 Å². The number of benzene rings is 1. The summed E-state index contributed by atoms with van der Waals surface area (Å²) in [6.07, 6.45) is 5.14. The van der Waals surface area contributed by atoms with E-state index in [-0.39, 0.29) is 0 Å². The van der Waals surface area contributed by atoms with Crippen LogP contribution in [-0.4, -0.2) is 17.0 Å². The average Bonchev–Trinajstić information content (AvgIpc) is 3.01. The van der Waals surface area contributed by atoms with Crippen molar-refractivity contribution in [1.82, 2.24) is 9.97 Å². The standard InChI is InChI=1S/C17H20IN3/c1-11-6-5-9-13(10-11)16-20-15(12-7-3-4-8-12)14(18)17(19-2)21-16/h5-6,9-10,12H,3-4,7-8H2,1-2H3,(H,19,20,21). The van der Waals surface area contributed by atoms with E-state index in [0.29, 0.717) is 5.92 Å². The molecule has 0 bridgehead atoms. The van der Waals surface area contributed by atoms with Crippen molar-refractivity contribution in [3.05, 3.63) is 39.1 Å². The first-order valence-corrected chi connectivity index (χ1v) is 8.59. The van der Waals surface area contributed by atoms with Crippen molar-refractivity contribution in [1.29, 1.82) is 0 Å². The van der Waals surface area contributed by atoms with Crippen LogP contribution in [0.4, 0.5) is 5.82 Å². The number of aryl methyl sites for hydroxylation is 1. The van der Waals surface area contributed by atoms with Gasteiger partial charge < -0.3 is 5.32 Å². The van der Waals surface area contributed by atoms with Gasteiger partial charge in [0.1, 0.15) is 5.82 Å². The molecule has 1 fully saturated rings. The number of anilines is 1. The van der Waals surface area contributed by atoms with Gasteiger partial charge in [0.15, 0.2) is 5.82 Å². The molecule has 3 rings (SSSR count). The van der Waals surface area contributed by atoms with Gasteiger partial charge in [-0.15, -0.1) is 0 Å². The number of aromatic nitrogens is 2. The van der Waals surface area contributed by atoms with Crippen LogP contribution in [0.2, 0.25) is 0 Å². The van der Waals surface area contributed by atoms with Gasteiger partial charge in [-0.1, -0.05) is 36.6 Å². The molecule has 1 aliphatic rings. The Morgan fingerprint density at radius 3 is 2.62 bits per heavy atom. The second-order valence-electron chi connectivity index (χ2n) is 5.70. The van der Waals surface area contributed by atoms with Crippen LogP contribution in [0.1, 0.15) is 42.9 Å². The molecule has 1 aliphatic carbocycles. The molecule has 110 valence electrons. The number of halogens is 1. The Kier molecular flexibility index (Phi) is 4.42. The van der Waals surface area contributed by atoms with Crippen molar-refractivity contribution in [2.75, 3.05) is 12.4 Å². The molecule has 0 spiro atoms. The van der Waals surface area contributed by atoms with E-state index in [2.05, 4.69) is 59.1 Å². The predicted octanol–water partition coefficient (Wildman–Crippen LogP) is 4.76. The van der Waals surface area contributed by atoms with Crippen molar-refractivity contribution >= 4 is 28.4 Å². The van der Waals surface area contributed by atoms with E-state index >= 15 is 0 Å². The van der Waals surface area contributed by atoms with Crippen molar-refractivity contribution in [3.63, 3.8) is 0 Å². The number of rotatable bonds is 3. The van der Waals surface area contributed by atoms with Gasteiger partial charge >= 0.3 is 0 Å². The first-order chi connectivity index (χ1) is 10.2. The van der Waals surface area contributed by atoms with E-state index < -0.39 is 0 Å². The van der Waals surface area contributed by atoms with E-state index in [4.69, 9.17) is 9.97 Å². The Labute approximate surface area is 139 Å². The first-order valence-electron chi connectivity index (χ1n) is 7.51. The molecule has 0 radical (unpaired) electrons. The van der Waals surface area contributed by atoms with Gasteiger partial charge in [0.25, 0.3) is 0 Å². The summed E-state index contributed by atoms with van der Waals surface area (Å²) in [6.45, 7) is 2.10. The predicted molar refractivity (Wildman–Crippen MR) is 95.7 cm³/mol. The van der Waals surface area contributed by atoms with Crippen molar-refractivity contribution < 1.29 is 0 Å². The van der Waals surface area contributed by atoms with Gasteiger partial charge in [-0.05, 0) is 48.4 Å². The van der Waals surface area contributed by atoms with Crippen LogP contribution in [0.5, 0.6) is 0 Å². The van der Waals surface area contributed by atoms with Gasteiger partial charge in [0.2, 0.25) is 0 Å². The topological polar surface area (TPSA) is 37.8 Å². The van der Waals surface area contributed by atoms with Crippen LogP contribution in [0, 0.1) is 10.5 Å². The number of nitrogens with zero attached hydrogens (tertiary/aromatic N) is 2. The SMILES string of the molecule is CNc1nc(-c2cccc(C)c2)nc(C2CCCC2)c1I. The Hall–Kier alpha value is -1.17. The summed E-state index contributed by atoms with van der Waals surface area (Å²) in [5.74, 6) is 2.38. The Morgan fingerprint density at radius 2 is 1.95 bits per heavy atom. The Morgan fingerprint density at radius 1 is 1.19 bits per heavy atom.